The third kappa shape index (κ3) is 7.31. The highest BCUT2D eigenvalue weighted by Gasteiger charge is 1.95. The Morgan fingerprint density at radius 2 is 2.36 bits per heavy atom. The Morgan fingerprint density at radius 3 is 2.91 bits per heavy atom. The van der Waals surface area contributed by atoms with Crippen LogP contribution >= 0.6 is 0 Å². The fourth-order valence-corrected chi connectivity index (χ4v) is 0.683. The van der Waals surface area contributed by atoms with Crippen molar-refractivity contribution in [3.63, 3.8) is 0 Å². The molecule has 0 amide bonds. The van der Waals surface area contributed by atoms with Crippen molar-refractivity contribution in [2.45, 2.75) is 26.3 Å². The van der Waals surface area contributed by atoms with Crippen LogP contribution in [0.25, 0.3) is 0 Å². The minimum atomic E-state index is -0.0448. The van der Waals surface area contributed by atoms with Gasteiger partial charge in [0.25, 0.3) is 0 Å². The maximum atomic E-state index is 8.39. The molecule has 0 saturated heterocycles. The van der Waals surface area contributed by atoms with Crippen molar-refractivity contribution in [2.75, 3.05) is 19.8 Å². The summed E-state index contributed by atoms with van der Waals surface area (Å²) in [7, 11) is 0. The Kier molecular flexibility index (Phi) is 7.11. The van der Waals surface area contributed by atoms with Gasteiger partial charge in [0.1, 0.15) is 0 Å². The molecule has 0 fully saturated rings. The smallest absolute Gasteiger partial charge is 0.0924 e. The second-order valence-corrected chi connectivity index (χ2v) is 2.36. The van der Waals surface area contributed by atoms with E-state index in [9.17, 15) is 0 Å². The van der Waals surface area contributed by atoms with E-state index in [0.717, 1.165) is 26.2 Å². The highest BCUT2D eigenvalue weighted by atomic mass is 16.5. The molecule has 0 rings (SSSR count). The summed E-state index contributed by atoms with van der Waals surface area (Å²) in [5.41, 5.74) is 0. The van der Waals surface area contributed by atoms with Crippen LogP contribution in [0.5, 0.6) is 0 Å². The minimum absolute atomic E-state index is 0.0448. The largest absolute Gasteiger partial charge is 0.382 e. The highest BCUT2D eigenvalue weighted by Crippen LogP contribution is 1.82. The third-order valence-corrected chi connectivity index (χ3v) is 1.31. The molecule has 11 heavy (non-hydrogen) atoms. The van der Waals surface area contributed by atoms with E-state index in [-0.39, 0.29) is 6.04 Å². The van der Waals surface area contributed by atoms with E-state index < -0.39 is 0 Å². The molecule has 0 aromatic carbocycles. The number of hydrogen-bond donors (Lipinski definition) is 1. The van der Waals surface area contributed by atoms with E-state index in [1.807, 2.05) is 13.8 Å². The van der Waals surface area contributed by atoms with Gasteiger partial charge in [-0.3, -0.25) is 0 Å². The Balaban J connectivity index is 2.97. The molecule has 0 aliphatic carbocycles. The van der Waals surface area contributed by atoms with Crippen molar-refractivity contribution >= 4 is 0 Å². The molecular formula is C8H16N2O. The number of nitrogens with zero attached hydrogens (tertiary/aromatic N) is 1. The molecule has 0 aliphatic heterocycles. The maximum Gasteiger partial charge on any atom is 0.0924 e. The van der Waals surface area contributed by atoms with E-state index >= 15 is 0 Å². The van der Waals surface area contributed by atoms with E-state index in [0.29, 0.717) is 0 Å². The van der Waals surface area contributed by atoms with Crippen LogP contribution in [0, 0.1) is 11.3 Å². The average molecular weight is 156 g/mol. The second-order valence-electron chi connectivity index (χ2n) is 2.36. The van der Waals surface area contributed by atoms with Crippen LogP contribution in [0.4, 0.5) is 0 Å². The molecule has 0 aromatic heterocycles. The monoisotopic (exact) mass is 156 g/mol. The van der Waals surface area contributed by atoms with Crippen molar-refractivity contribution in [3.05, 3.63) is 0 Å². The van der Waals surface area contributed by atoms with Gasteiger partial charge in [-0.1, -0.05) is 0 Å². The lowest BCUT2D eigenvalue weighted by Crippen LogP contribution is -2.25. The zero-order valence-electron chi connectivity index (χ0n) is 7.26. The SMILES string of the molecule is CCOCCCNC(C)C#N. The fraction of sp³-hybridized carbons (Fsp3) is 0.875. The number of nitriles is 1. The van der Waals surface area contributed by atoms with Gasteiger partial charge in [0.15, 0.2) is 0 Å². The molecule has 0 spiro atoms. The van der Waals surface area contributed by atoms with E-state index in [1.54, 1.807) is 0 Å². The van der Waals surface area contributed by atoms with Crippen LogP contribution < -0.4 is 5.32 Å². The lowest BCUT2D eigenvalue weighted by Gasteiger charge is -2.04. The van der Waals surface area contributed by atoms with Crippen LogP contribution in [0.2, 0.25) is 0 Å². The van der Waals surface area contributed by atoms with E-state index in [1.165, 1.54) is 0 Å². The third-order valence-electron chi connectivity index (χ3n) is 1.31. The molecule has 0 aliphatic rings. The van der Waals surface area contributed by atoms with Gasteiger partial charge in [0.05, 0.1) is 12.1 Å². The van der Waals surface area contributed by atoms with Gasteiger partial charge in [-0.05, 0) is 26.8 Å². The predicted molar refractivity (Wildman–Crippen MR) is 44.2 cm³/mol. The van der Waals surface area contributed by atoms with Gasteiger partial charge in [-0.2, -0.15) is 5.26 Å². The van der Waals surface area contributed by atoms with Gasteiger partial charge >= 0.3 is 0 Å². The topological polar surface area (TPSA) is 45.0 Å². The Labute approximate surface area is 68.3 Å². The summed E-state index contributed by atoms with van der Waals surface area (Å²) in [4.78, 5) is 0. The minimum Gasteiger partial charge on any atom is -0.382 e. The van der Waals surface area contributed by atoms with Crippen molar-refractivity contribution in [1.82, 2.24) is 5.32 Å². The summed E-state index contributed by atoms with van der Waals surface area (Å²) in [6.07, 6.45) is 0.972. The maximum absolute atomic E-state index is 8.39. The van der Waals surface area contributed by atoms with Crippen molar-refractivity contribution in [2.24, 2.45) is 0 Å². The van der Waals surface area contributed by atoms with Gasteiger partial charge in [0, 0.05) is 13.2 Å². The molecule has 1 N–H and O–H groups in total. The van der Waals surface area contributed by atoms with Crippen molar-refractivity contribution < 1.29 is 4.74 Å². The number of nitrogens with one attached hydrogen (secondary N) is 1. The first kappa shape index (κ1) is 10.4. The lowest BCUT2D eigenvalue weighted by molar-refractivity contribution is 0.144. The highest BCUT2D eigenvalue weighted by molar-refractivity contribution is 4.84. The van der Waals surface area contributed by atoms with Gasteiger partial charge in [-0.25, -0.2) is 0 Å². The van der Waals surface area contributed by atoms with Gasteiger partial charge in [0.2, 0.25) is 0 Å². The molecule has 1 unspecified atom stereocenters. The molecule has 0 radical (unpaired) electrons. The molecule has 0 heterocycles. The van der Waals surface area contributed by atoms with Crippen LogP contribution in [0.15, 0.2) is 0 Å². The average Bonchev–Trinajstić information content (AvgIpc) is 2.04. The number of rotatable bonds is 6. The summed E-state index contributed by atoms with van der Waals surface area (Å²) in [6, 6.07) is 2.06. The molecule has 0 aromatic rings. The first-order valence-corrected chi connectivity index (χ1v) is 4.02. The van der Waals surface area contributed by atoms with Crippen molar-refractivity contribution in [3.8, 4) is 6.07 Å². The Morgan fingerprint density at radius 1 is 1.64 bits per heavy atom. The zero-order chi connectivity index (χ0) is 8.53. The van der Waals surface area contributed by atoms with E-state index in [2.05, 4.69) is 11.4 Å². The summed E-state index contributed by atoms with van der Waals surface area (Å²) in [5, 5.41) is 11.4. The zero-order valence-corrected chi connectivity index (χ0v) is 7.26. The standard InChI is InChI=1S/C8H16N2O/c1-3-11-6-4-5-10-8(2)7-9/h8,10H,3-6H2,1-2H3. The van der Waals surface area contributed by atoms with E-state index in [4.69, 9.17) is 10.00 Å². The molecule has 3 heteroatoms. The van der Waals surface area contributed by atoms with Crippen molar-refractivity contribution in [1.29, 1.82) is 5.26 Å². The molecule has 64 valence electrons. The summed E-state index contributed by atoms with van der Waals surface area (Å²) >= 11 is 0. The van der Waals surface area contributed by atoms with Gasteiger partial charge < -0.3 is 10.1 Å². The van der Waals surface area contributed by atoms with Crippen LogP contribution in [0.3, 0.4) is 0 Å². The molecule has 0 bridgehead atoms. The number of ether oxygens (including phenoxy) is 1. The Bertz CT molecular complexity index is 120. The first-order chi connectivity index (χ1) is 5.31. The predicted octanol–water partition coefficient (Wildman–Crippen LogP) is 0.915. The van der Waals surface area contributed by atoms with Crippen LogP contribution in [-0.4, -0.2) is 25.8 Å². The molecule has 0 saturated carbocycles. The summed E-state index contributed by atoms with van der Waals surface area (Å²) in [6.45, 7) is 6.23. The normalized spacial score (nSPS) is 12.5. The fourth-order valence-electron chi connectivity index (χ4n) is 0.683. The summed E-state index contributed by atoms with van der Waals surface area (Å²) < 4.78 is 5.13. The molecule has 3 nitrogen and oxygen atoms in total. The first-order valence-electron chi connectivity index (χ1n) is 4.02. The van der Waals surface area contributed by atoms with Gasteiger partial charge in [-0.15, -0.1) is 0 Å². The summed E-state index contributed by atoms with van der Waals surface area (Å²) in [5.74, 6) is 0. The second kappa shape index (κ2) is 7.52. The lowest BCUT2D eigenvalue weighted by atomic mass is 10.3. The quantitative estimate of drug-likeness (QED) is 0.581. The van der Waals surface area contributed by atoms with Crippen LogP contribution in [0.1, 0.15) is 20.3 Å². The number of hydrogen-bond acceptors (Lipinski definition) is 3. The Hall–Kier alpha value is -0.590. The van der Waals surface area contributed by atoms with Crippen LogP contribution in [-0.2, 0) is 4.74 Å². The molecule has 1 atom stereocenters. The molecular weight excluding hydrogens is 140 g/mol.